The smallest absolute Gasteiger partial charge is 0.307 e. The lowest BCUT2D eigenvalue weighted by Crippen LogP contribution is -2.10. The second-order valence-corrected chi connectivity index (χ2v) is 8.23. The van der Waals surface area contributed by atoms with Crippen LogP contribution >= 0.6 is 11.6 Å². The second kappa shape index (κ2) is 9.88. The van der Waals surface area contributed by atoms with E-state index in [0.29, 0.717) is 11.6 Å². The molecule has 3 aromatic rings. The van der Waals surface area contributed by atoms with Crippen LogP contribution in [0.5, 0.6) is 0 Å². The molecule has 5 heteroatoms. The molecule has 2 N–H and O–H groups in total. The molecule has 3 aromatic carbocycles. The van der Waals surface area contributed by atoms with E-state index in [1.165, 1.54) is 0 Å². The number of rotatable bonds is 5. The van der Waals surface area contributed by atoms with Crippen LogP contribution < -0.4 is 0 Å². The number of fused-ring (bicyclic) bond motifs is 1. The number of benzene rings is 3. The Labute approximate surface area is 176 Å². The Morgan fingerprint density at radius 3 is 2.21 bits per heavy atom. The predicted octanol–water partition coefficient (Wildman–Crippen LogP) is 5.71. The highest BCUT2D eigenvalue weighted by atomic mass is 35.5. The Kier molecular flexibility index (Phi) is 7.80. The van der Waals surface area contributed by atoms with Gasteiger partial charge in [0.1, 0.15) is 0 Å². The number of carbonyl (C=O) groups is 1. The van der Waals surface area contributed by atoms with Gasteiger partial charge >= 0.3 is 5.97 Å². The van der Waals surface area contributed by atoms with Gasteiger partial charge in [0.15, 0.2) is 0 Å². The number of halogens is 1. The van der Waals surface area contributed by atoms with Gasteiger partial charge < -0.3 is 14.9 Å². The molecule has 3 rings (SSSR count). The molecule has 0 aliphatic rings. The zero-order valence-corrected chi connectivity index (χ0v) is 18.0. The molecule has 29 heavy (non-hydrogen) atoms. The lowest BCUT2D eigenvalue weighted by atomic mass is 9.88. The first-order chi connectivity index (χ1) is 13.6. The van der Waals surface area contributed by atoms with E-state index in [-0.39, 0.29) is 6.42 Å². The minimum Gasteiger partial charge on any atom is -0.481 e. The molecular formula is C24H27ClO4. The molecular weight excluding hydrogens is 388 g/mol. The first-order valence-corrected chi connectivity index (χ1v) is 9.70. The van der Waals surface area contributed by atoms with E-state index in [1.54, 1.807) is 27.9 Å². The Bertz CT molecular complexity index is 967. The van der Waals surface area contributed by atoms with Crippen molar-refractivity contribution in [3.05, 3.63) is 70.7 Å². The van der Waals surface area contributed by atoms with E-state index in [9.17, 15) is 9.90 Å². The highest BCUT2D eigenvalue weighted by Gasteiger charge is 2.17. The van der Waals surface area contributed by atoms with Crippen molar-refractivity contribution in [1.82, 2.24) is 0 Å². The summed E-state index contributed by atoms with van der Waals surface area (Å²) in [5.41, 5.74) is 3.05. The fourth-order valence-corrected chi connectivity index (χ4v) is 3.16. The van der Waals surface area contributed by atoms with Crippen molar-refractivity contribution in [3.63, 3.8) is 0 Å². The number of ether oxygens (including phenoxy) is 1. The maximum Gasteiger partial charge on any atom is 0.307 e. The second-order valence-electron chi connectivity index (χ2n) is 7.79. The molecule has 4 nitrogen and oxygen atoms in total. The van der Waals surface area contributed by atoms with Crippen molar-refractivity contribution in [2.24, 2.45) is 0 Å². The van der Waals surface area contributed by atoms with E-state index in [4.69, 9.17) is 21.4 Å². The number of hydrogen-bond acceptors (Lipinski definition) is 3. The molecule has 0 amide bonds. The molecule has 0 bridgehead atoms. The van der Waals surface area contributed by atoms with Gasteiger partial charge in [-0.25, -0.2) is 0 Å². The molecule has 0 aliphatic heterocycles. The average molecular weight is 415 g/mol. The highest BCUT2D eigenvalue weighted by Crippen LogP contribution is 2.36. The topological polar surface area (TPSA) is 66.8 Å². The molecule has 0 spiro atoms. The Morgan fingerprint density at radius 2 is 1.66 bits per heavy atom. The van der Waals surface area contributed by atoms with E-state index in [1.807, 2.05) is 54.6 Å². The van der Waals surface area contributed by atoms with Crippen LogP contribution in [0.15, 0.2) is 54.6 Å². The van der Waals surface area contributed by atoms with Gasteiger partial charge in [-0.15, -0.1) is 0 Å². The molecule has 0 heterocycles. The largest absolute Gasteiger partial charge is 0.481 e. The van der Waals surface area contributed by atoms with Crippen molar-refractivity contribution in [2.75, 3.05) is 7.11 Å². The maximum absolute atomic E-state index is 11.4. The van der Waals surface area contributed by atoms with Gasteiger partial charge in [-0.05, 0) is 72.0 Å². The van der Waals surface area contributed by atoms with Crippen LogP contribution in [0.25, 0.3) is 21.9 Å². The van der Waals surface area contributed by atoms with E-state index in [0.717, 1.165) is 33.0 Å². The van der Waals surface area contributed by atoms with Gasteiger partial charge in [-0.1, -0.05) is 48.0 Å². The van der Waals surface area contributed by atoms with Crippen LogP contribution in [0.2, 0.25) is 5.02 Å². The number of carboxylic acid groups (broad SMARTS) is 1. The third kappa shape index (κ3) is 6.86. The third-order valence-electron chi connectivity index (χ3n) is 4.01. The normalized spacial score (nSPS) is 11.1. The van der Waals surface area contributed by atoms with E-state index in [2.05, 4.69) is 0 Å². The zero-order chi connectivity index (χ0) is 21.6. The lowest BCUT2D eigenvalue weighted by molar-refractivity contribution is -0.136. The van der Waals surface area contributed by atoms with Crippen molar-refractivity contribution < 1.29 is 19.7 Å². The zero-order valence-electron chi connectivity index (χ0n) is 17.2. The summed E-state index contributed by atoms with van der Waals surface area (Å²) in [6.45, 7) is 5.60. The van der Waals surface area contributed by atoms with Crippen LogP contribution in [0.3, 0.4) is 0 Å². The fourth-order valence-electron chi connectivity index (χ4n) is 3.03. The summed E-state index contributed by atoms with van der Waals surface area (Å²) in [5.74, 6) is -0.863. The van der Waals surface area contributed by atoms with Gasteiger partial charge in [0.05, 0.1) is 18.6 Å². The summed E-state index contributed by atoms with van der Waals surface area (Å²) in [7, 11) is 1.61. The van der Waals surface area contributed by atoms with Crippen LogP contribution in [0, 0.1) is 0 Å². The molecule has 0 fully saturated rings. The first kappa shape index (κ1) is 22.9. The minimum atomic E-state index is -0.863. The fraction of sp³-hybridized carbons (Fsp3) is 0.292. The van der Waals surface area contributed by atoms with Gasteiger partial charge in [-0.2, -0.15) is 0 Å². The van der Waals surface area contributed by atoms with Crippen LogP contribution in [0.1, 0.15) is 31.9 Å². The first-order valence-electron chi connectivity index (χ1n) is 9.32. The molecule has 0 unspecified atom stereocenters. The van der Waals surface area contributed by atoms with Crippen molar-refractivity contribution in [2.45, 2.75) is 39.4 Å². The lowest BCUT2D eigenvalue weighted by Gasteiger charge is -2.17. The van der Waals surface area contributed by atoms with E-state index < -0.39 is 11.6 Å². The Hall–Kier alpha value is -2.40. The summed E-state index contributed by atoms with van der Waals surface area (Å²) in [6, 6.07) is 17.5. The SMILES string of the molecule is CC(C)(C)O.COCc1cc2ccccc2c(-c2ccc(Cl)cc2)c1CC(=O)O. The molecule has 0 saturated heterocycles. The number of hydrogen-bond donors (Lipinski definition) is 2. The monoisotopic (exact) mass is 414 g/mol. The van der Waals surface area contributed by atoms with Crippen molar-refractivity contribution >= 4 is 28.3 Å². The predicted molar refractivity (Wildman–Crippen MR) is 118 cm³/mol. The molecule has 0 radical (unpaired) electrons. The summed E-state index contributed by atoms with van der Waals surface area (Å²) in [4.78, 5) is 11.4. The summed E-state index contributed by atoms with van der Waals surface area (Å²) in [5, 5.41) is 20.6. The van der Waals surface area contributed by atoms with Crippen molar-refractivity contribution in [3.8, 4) is 11.1 Å². The Morgan fingerprint density at radius 1 is 1.07 bits per heavy atom. The van der Waals surface area contributed by atoms with Crippen molar-refractivity contribution in [1.29, 1.82) is 0 Å². The number of aliphatic carboxylic acids is 1. The summed E-state index contributed by atoms with van der Waals surface area (Å²) in [6.07, 6.45) is -0.0541. The molecule has 0 aliphatic carbocycles. The summed E-state index contributed by atoms with van der Waals surface area (Å²) >= 11 is 6.01. The van der Waals surface area contributed by atoms with Gasteiger partial charge in [0.2, 0.25) is 0 Å². The molecule has 154 valence electrons. The van der Waals surface area contributed by atoms with Crippen LogP contribution in [0.4, 0.5) is 0 Å². The van der Waals surface area contributed by atoms with Crippen LogP contribution in [-0.4, -0.2) is 28.9 Å². The molecule has 0 saturated carbocycles. The van der Waals surface area contributed by atoms with Gasteiger partial charge in [-0.3, -0.25) is 4.79 Å². The molecule has 0 aromatic heterocycles. The quantitative estimate of drug-likeness (QED) is 0.561. The number of carboxylic acids is 1. The molecule has 0 atom stereocenters. The maximum atomic E-state index is 11.4. The van der Waals surface area contributed by atoms with Crippen LogP contribution in [-0.2, 0) is 22.6 Å². The third-order valence-corrected chi connectivity index (χ3v) is 4.26. The minimum absolute atomic E-state index is 0.0541. The highest BCUT2D eigenvalue weighted by molar-refractivity contribution is 6.30. The Balaban J connectivity index is 0.000000537. The van der Waals surface area contributed by atoms with Gasteiger partial charge in [0, 0.05) is 12.1 Å². The number of aliphatic hydroxyl groups is 1. The average Bonchev–Trinajstić information content (AvgIpc) is 2.62. The van der Waals surface area contributed by atoms with Gasteiger partial charge in [0.25, 0.3) is 0 Å². The summed E-state index contributed by atoms with van der Waals surface area (Å²) < 4.78 is 5.29. The standard InChI is InChI=1S/C20H17ClO3.C4H10O/c1-24-12-15-10-14-4-2-3-5-17(14)20(18(15)11-19(22)23)13-6-8-16(21)9-7-13;1-4(2,3)5/h2-10H,11-12H2,1H3,(H,22,23);5H,1-3H3. The van der Waals surface area contributed by atoms with E-state index >= 15 is 0 Å². The number of methoxy groups -OCH3 is 1.